The monoisotopic (exact) mass is 344 g/mol. The Morgan fingerprint density at radius 1 is 1.45 bits per heavy atom. The van der Waals surface area contributed by atoms with Crippen molar-refractivity contribution in [3.63, 3.8) is 0 Å². The van der Waals surface area contributed by atoms with Crippen LogP contribution in [0.15, 0.2) is 23.4 Å². The molecule has 1 aromatic carbocycles. The molecule has 1 N–H and O–H groups in total. The van der Waals surface area contributed by atoms with E-state index in [0.29, 0.717) is 15.8 Å². The van der Waals surface area contributed by atoms with E-state index in [1.54, 1.807) is 19.1 Å². The van der Waals surface area contributed by atoms with Crippen molar-refractivity contribution in [3.05, 3.63) is 33.8 Å². The van der Waals surface area contributed by atoms with Crippen LogP contribution < -0.4 is 5.32 Å². The van der Waals surface area contributed by atoms with Crippen molar-refractivity contribution in [2.45, 2.75) is 19.4 Å². The van der Waals surface area contributed by atoms with Gasteiger partial charge < -0.3 is 14.9 Å². The van der Waals surface area contributed by atoms with E-state index in [1.807, 2.05) is 0 Å². The van der Waals surface area contributed by atoms with E-state index >= 15 is 0 Å². The van der Waals surface area contributed by atoms with Gasteiger partial charge in [0, 0.05) is 11.4 Å². The van der Waals surface area contributed by atoms with Crippen LogP contribution >= 0.6 is 23.2 Å². The largest absolute Gasteiger partial charge is 0.463 e. The maximum Gasteiger partial charge on any atom is 0.350 e. The summed E-state index contributed by atoms with van der Waals surface area (Å²) in [7, 11) is 0. The molecule has 0 aromatic heterocycles. The fraction of sp³-hybridized carbons (Fsp3) is 0.357. The average Bonchev–Trinajstić information content (AvgIpc) is 2.96. The van der Waals surface area contributed by atoms with Crippen LogP contribution in [0.5, 0.6) is 0 Å². The second-order valence-corrected chi connectivity index (χ2v) is 5.36. The third-order valence-electron chi connectivity index (χ3n) is 2.91. The number of oxime groups is 1. The molecule has 0 saturated carbocycles. The van der Waals surface area contributed by atoms with Gasteiger partial charge in [0.25, 0.3) is 5.91 Å². The van der Waals surface area contributed by atoms with Gasteiger partial charge in [0.05, 0.1) is 29.4 Å². The lowest BCUT2D eigenvalue weighted by Gasteiger charge is -2.07. The Bertz CT molecular complexity index is 619. The molecule has 1 aliphatic rings. The lowest BCUT2D eigenvalue weighted by Crippen LogP contribution is -2.31. The molecule has 22 heavy (non-hydrogen) atoms. The van der Waals surface area contributed by atoms with Crippen LogP contribution in [0.1, 0.15) is 23.7 Å². The van der Waals surface area contributed by atoms with Gasteiger partial charge in [-0.25, -0.2) is 4.79 Å². The summed E-state index contributed by atoms with van der Waals surface area (Å²) in [4.78, 5) is 28.5. The number of hydrogen-bond donors (Lipinski definition) is 1. The van der Waals surface area contributed by atoms with Crippen LogP contribution in [0, 0.1) is 0 Å². The van der Waals surface area contributed by atoms with Gasteiger partial charge in [0.15, 0.2) is 0 Å². The van der Waals surface area contributed by atoms with Crippen LogP contribution in [0.3, 0.4) is 0 Å². The molecular formula is C14H14Cl2N2O4. The number of carbonyl (C=O) groups is 2. The van der Waals surface area contributed by atoms with Crippen molar-refractivity contribution < 1.29 is 19.2 Å². The van der Waals surface area contributed by atoms with Crippen LogP contribution in [0.25, 0.3) is 0 Å². The smallest absolute Gasteiger partial charge is 0.350 e. The lowest BCUT2D eigenvalue weighted by molar-refractivity contribution is -0.154. The third kappa shape index (κ3) is 4.11. The summed E-state index contributed by atoms with van der Waals surface area (Å²) in [6, 6.07) is 4.62. The molecule has 1 aromatic rings. The Morgan fingerprint density at radius 2 is 2.23 bits per heavy atom. The molecule has 0 spiro atoms. The van der Waals surface area contributed by atoms with E-state index in [2.05, 4.69) is 10.5 Å². The van der Waals surface area contributed by atoms with Gasteiger partial charge in [0.1, 0.15) is 0 Å². The highest BCUT2D eigenvalue weighted by atomic mass is 35.5. The number of esters is 1. The van der Waals surface area contributed by atoms with Gasteiger partial charge in [-0.2, -0.15) is 0 Å². The Kier molecular flexibility index (Phi) is 5.63. The van der Waals surface area contributed by atoms with Crippen molar-refractivity contribution in [2.75, 3.05) is 13.2 Å². The van der Waals surface area contributed by atoms with Gasteiger partial charge in [-0.15, -0.1) is 0 Å². The Labute approximate surface area is 137 Å². The second kappa shape index (κ2) is 7.47. The number of rotatable bonds is 5. The number of nitrogens with one attached hydrogen (secondary N) is 1. The van der Waals surface area contributed by atoms with Crippen LogP contribution in [-0.2, 0) is 14.4 Å². The predicted octanol–water partition coefficient (Wildman–Crippen LogP) is 2.43. The van der Waals surface area contributed by atoms with Gasteiger partial charge in [-0.05, 0) is 25.1 Å². The molecule has 118 valence electrons. The molecule has 0 aliphatic carbocycles. The first-order valence-corrected chi connectivity index (χ1v) is 7.38. The quantitative estimate of drug-likeness (QED) is 0.832. The van der Waals surface area contributed by atoms with Gasteiger partial charge in [0.2, 0.25) is 6.10 Å². The molecule has 0 saturated heterocycles. The number of hydrogen-bond acceptors (Lipinski definition) is 5. The molecule has 6 nitrogen and oxygen atoms in total. The normalized spacial score (nSPS) is 16.7. The van der Waals surface area contributed by atoms with Crippen molar-refractivity contribution in [3.8, 4) is 0 Å². The number of carbonyl (C=O) groups excluding carboxylic acids is 2. The zero-order valence-electron chi connectivity index (χ0n) is 11.8. The summed E-state index contributed by atoms with van der Waals surface area (Å²) in [5.41, 5.74) is 0.820. The molecular weight excluding hydrogens is 331 g/mol. The minimum Gasteiger partial charge on any atom is -0.463 e. The summed E-state index contributed by atoms with van der Waals surface area (Å²) in [5.74, 6) is -0.847. The highest BCUT2D eigenvalue weighted by molar-refractivity contribution is 6.35. The molecule has 1 unspecified atom stereocenters. The minimum atomic E-state index is -0.749. The van der Waals surface area contributed by atoms with Crippen LogP contribution in [0.4, 0.5) is 0 Å². The molecule has 1 aliphatic heterocycles. The van der Waals surface area contributed by atoms with Crippen molar-refractivity contribution in [2.24, 2.45) is 5.16 Å². The van der Waals surface area contributed by atoms with E-state index in [0.717, 1.165) is 0 Å². The highest BCUT2D eigenvalue weighted by Crippen LogP contribution is 2.20. The summed E-state index contributed by atoms with van der Waals surface area (Å²) >= 11 is 11.8. The molecule has 0 bridgehead atoms. The number of benzene rings is 1. The molecule has 8 heteroatoms. The zero-order chi connectivity index (χ0) is 16.1. The van der Waals surface area contributed by atoms with Crippen LogP contribution in [0.2, 0.25) is 10.0 Å². The lowest BCUT2D eigenvalue weighted by atomic mass is 10.1. The topological polar surface area (TPSA) is 77.0 Å². The summed E-state index contributed by atoms with van der Waals surface area (Å²) in [6.07, 6.45) is -0.468. The fourth-order valence-corrected chi connectivity index (χ4v) is 2.22. The number of halogens is 2. The first-order valence-electron chi connectivity index (χ1n) is 6.62. The Morgan fingerprint density at radius 3 is 2.95 bits per heavy atom. The van der Waals surface area contributed by atoms with E-state index in [4.69, 9.17) is 32.8 Å². The van der Waals surface area contributed by atoms with Crippen molar-refractivity contribution in [1.82, 2.24) is 5.32 Å². The van der Waals surface area contributed by atoms with Gasteiger partial charge in [-0.1, -0.05) is 28.4 Å². The fourth-order valence-electron chi connectivity index (χ4n) is 1.84. The summed E-state index contributed by atoms with van der Waals surface area (Å²) < 4.78 is 4.84. The number of amides is 1. The highest BCUT2D eigenvalue weighted by Gasteiger charge is 2.29. The first kappa shape index (κ1) is 16.6. The van der Waals surface area contributed by atoms with Gasteiger partial charge >= 0.3 is 5.97 Å². The zero-order valence-corrected chi connectivity index (χ0v) is 13.3. The van der Waals surface area contributed by atoms with E-state index in [9.17, 15) is 9.59 Å². The molecule has 1 heterocycles. The average molecular weight is 345 g/mol. The van der Waals surface area contributed by atoms with Crippen LogP contribution in [-0.4, -0.2) is 36.8 Å². The van der Waals surface area contributed by atoms with Crippen molar-refractivity contribution in [1.29, 1.82) is 0 Å². The molecule has 0 radical (unpaired) electrons. The Hall–Kier alpha value is -1.79. The van der Waals surface area contributed by atoms with Crippen molar-refractivity contribution >= 4 is 40.8 Å². The van der Waals surface area contributed by atoms with E-state index in [-0.39, 0.29) is 31.0 Å². The minimum absolute atomic E-state index is 0.150. The summed E-state index contributed by atoms with van der Waals surface area (Å²) in [6.45, 7) is 2.14. The number of ether oxygens (including phenoxy) is 1. The maximum absolute atomic E-state index is 12.1. The van der Waals surface area contributed by atoms with E-state index < -0.39 is 12.1 Å². The standard InChI is InChI=1S/C14H14Cl2N2O4/c1-2-21-14(20)12-6-9(18-22-12)7-17-13(19)10-5-8(15)3-4-11(10)16/h3-5,12H,2,6-7H2,1H3,(H,17,19). The second-order valence-electron chi connectivity index (χ2n) is 4.51. The third-order valence-corrected chi connectivity index (χ3v) is 3.47. The number of nitrogens with zero attached hydrogens (tertiary/aromatic N) is 1. The SMILES string of the molecule is CCOC(=O)C1CC(CNC(=O)c2cc(Cl)ccc2Cl)=NO1. The van der Waals surface area contributed by atoms with Gasteiger partial charge in [-0.3, -0.25) is 4.79 Å². The maximum atomic E-state index is 12.1. The summed E-state index contributed by atoms with van der Waals surface area (Å²) in [5, 5.41) is 7.14. The Balaban J connectivity index is 1.87. The molecule has 1 amide bonds. The molecule has 0 fully saturated rings. The first-order chi connectivity index (χ1) is 10.5. The molecule has 1 atom stereocenters. The van der Waals surface area contributed by atoms with E-state index in [1.165, 1.54) is 6.07 Å². The molecule has 2 rings (SSSR count). The predicted molar refractivity (Wildman–Crippen MR) is 82.4 cm³/mol.